The minimum atomic E-state index is -4.64. The number of nitrogen functional groups attached to an aromatic ring is 1. The lowest BCUT2D eigenvalue weighted by Crippen LogP contribution is -2.30. The SMILES string of the molecule is Nc1c(O)cc([N+](=O)[O-])cc1S(=O)(=O)NCS(=O)(=O)O. The molecule has 5 N–H and O–H groups in total. The number of nitrogens with zero attached hydrogens (tertiary/aromatic N) is 1. The summed E-state index contributed by atoms with van der Waals surface area (Å²) in [6.07, 6.45) is 0. The lowest BCUT2D eigenvalue weighted by Gasteiger charge is -2.09. The van der Waals surface area contributed by atoms with Crippen LogP contribution < -0.4 is 10.5 Å². The molecule has 0 unspecified atom stereocenters. The number of sulfonamides is 1. The van der Waals surface area contributed by atoms with Crippen LogP contribution in [0.3, 0.4) is 0 Å². The lowest BCUT2D eigenvalue weighted by molar-refractivity contribution is -0.385. The number of phenolic OH excluding ortho intramolecular Hbond substituents is 1. The van der Waals surface area contributed by atoms with Crippen molar-refractivity contribution in [3.05, 3.63) is 22.2 Å². The molecule has 0 aliphatic heterocycles. The number of nitrogens with one attached hydrogen (secondary N) is 1. The van der Waals surface area contributed by atoms with Gasteiger partial charge in [-0.3, -0.25) is 14.7 Å². The fourth-order valence-corrected chi connectivity index (χ4v) is 3.20. The molecule has 1 rings (SSSR count). The molecule has 0 spiro atoms. The van der Waals surface area contributed by atoms with Gasteiger partial charge in [0.25, 0.3) is 15.8 Å². The van der Waals surface area contributed by atoms with Crippen LogP contribution in [0.4, 0.5) is 11.4 Å². The molecule has 112 valence electrons. The van der Waals surface area contributed by atoms with E-state index in [4.69, 9.17) is 10.3 Å². The van der Waals surface area contributed by atoms with E-state index in [-0.39, 0.29) is 0 Å². The van der Waals surface area contributed by atoms with Crippen LogP contribution in [0.25, 0.3) is 0 Å². The van der Waals surface area contributed by atoms with Crippen LogP contribution in [-0.2, 0) is 20.1 Å². The fourth-order valence-electron chi connectivity index (χ4n) is 1.16. The van der Waals surface area contributed by atoms with Crippen molar-refractivity contribution < 1.29 is 31.4 Å². The summed E-state index contributed by atoms with van der Waals surface area (Å²) < 4.78 is 54.3. The second-order valence-corrected chi connectivity index (χ2v) is 6.70. The normalized spacial score (nSPS) is 12.2. The van der Waals surface area contributed by atoms with Crippen LogP contribution >= 0.6 is 0 Å². The Morgan fingerprint density at radius 2 is 1.85 bits per heavy atom. The Labute approximate surface area is 113 Å². The highest BCUT2D eigenvalue weighted by molar-refractivity contribution is 7.91. The van der Waals surface area contributed by atoms with Crippen molar-refractivity contribution in [2.75, 3.05) is 11.6 Å². The van der Waals surface area contributed by atoms with E-state index in [1.807, 2.05) is 0 Å². The molecule has 0 fully saturated rings. The van der Waals surface area contributed by atoms with E-state index >= 15 is 0 Å². The molecule has 0 saturated heterocycles. The number of hydrogen-bond donors (Lipinski definition) is 4. The molecule has 13 heteroatoms. The molecular formula is C7H9N3O8S2. The molecule has 0 amide bonds. The summed E-state index contributed by atoms with van der Waals surface area (Å²) in [6.45, 7) is 0. The second kappa shape index (κ2) is 5.20. The fraction of sp³-hybridized carbons (Fsp3) is 0.143. The predicted octanol–water partition coefficient (Wildman–Crippen LogP) is -0.994. The first kappa shape index (κ1) is 16.1. The smallest absolute Gasteiger partial charge is 0.279 e. The van der Waals surface area contributed by atoms with Crippen molar-refractivity contribution in [3.63, 3.8) is 0 Å². The summed E-state index contributed by atoms with van der Waals surface area (Å²) in [5, 5.41) is 19.9. The average Bonchev–Trinajstić information content (AvgIpc) is 2.28. The molecule has 0 saturated carbocycles. The van der Waals surface area contributed by atoms with Crippen LogP contribution in [-0.4, -0.2) is 37.3 Å². The number of rotatable bonds is 5. The van der Waals surface area contributed by atoms with E-state index in [9.17, 15) is 32.1 Å². The highest BCUT2D eigenvalue weighted by Crippen LogP contribution is 2.32. The minimum Gasteiger partial charge on any atom is -0.505 e. The van der Waals surface area contributed by atoms with Crippen molar-refractivity contribution in [1.82, 2.24) is 4.72 Å². The molecule has 20 heavy (non-hydrogen) atoms. The summed E-state index contributed by atoms with van der Waals surface area (Å²) in [6, 6.07) is 1.18. The van der Waals surface area contributed by atoms with Crippen molar-refractivity contribution in [2.24, 2.45) is 0 Å². The number of nitrogens with two attached hydrogens (primary N) is 1. The van der Waals surface area contributed by atoms with Gasteiger partial charge in [0.2, 0.25) is 10.0 Å². The molecule has 0 bridgehead atoms. The average molecular weight is 327 g/mol. The number of hydrogen-bond acceptors (Lipinski definition) is 8. The van der Waals surface area contributed by atoms with Gasteiger partial charge in [-0.05, 0) is 0 Å². The van der Waals surface area contributed by atoms with Gasteiger partial charge in [-0.1, -0.05) is 0 Å². The molecule has 0 aliphatic carbocycles. The number of phenols is 1. The number of anilines is 1. The van der Waals surface area contributed by atoms with Crippen LogP contribution in [0.1, 0.15) is 0 Å². The molecule has 0 aliphatic rings. The van der Waals surface area contributed by atoms with Crippen LogP contribution in [0.5, 0.6) is 5.75 Å². The first-order valence-corrected chi connectivity index (χ1v) is 7.75. The van der Waals surface area contributed by atoms with E-state index in [2.05, 4.69) is 0 Å². The van der Waals surface area contributed by atoms with Gasteiger partial charge in [-0.15, -0.1) is 0 Å². The van der Waals surface area contributed by atoms with E-state index in [0.717, 1.165) is 0 Å². The highest BCUT2D eigenvalue weighted by Gasteiger charge is 2.25. The second-order valence-electron chi connectivity index (χ2n) is 3.51. The van der Waals surface area contributed by atoms with E-state index in [1.165, 1.54) is 4.72 Å². The summed E-state index contributed by atoms with van der Waals surface area (Å²) in [7, 11) is -9.22. The Morgan fingerprint density at radius 1 is 1.30 bits per heavy atom. The Balaban J connectivity index is 3.34. The monoisotopic (exact) mass is 327 g/mol. The maximum atomic E-state index is 11.7. The first-order chi connectivity index (χ1) is 8.94. The topological polar surface area (TPSA) is 190 Å². The molecule has 0 heterocycles. The van der Waals surface area contributed by atoms with Crippen molar-refractivity contribution in [1.29, 1.82) is 0 Å². The molecule has 1 aromatic carbocycles. The highest BCUT2D eigenvalue weighted by atomic mass is 32.2. The summed E-state index contributed by atoms with van der Waals surface area (Å²) >= 11 is 0. The van der Waals surface area contributed by atoms with Crippen LogP contribution in [0, 0.1) is 10.1 Å². The number of aromatic hydroxyl groups is 1. The Bertz CT molecular complexity index is 755. The standard InChI is InChI=1S/C7H9N3O8S2/c8-7-5(11)1-4(10(12)13)2-6(7)20(17,18)9-3-19(14,15)16/h1-2,9,11H,3,8H2,(H,14,15,16). The maximum Gasteiger partial charge on any atom is 0.279 e. The van der Waals surface area contributed by atoms with Crippen molar-refractivity contribution >= 4 is 31.5 Å². The summed E-state index contributed by atoms with van der Waals surface area (Å²) in [5.41, 5.74) is 3.82. The molecular weight excluding hydrogens is 318 g/mol. The molecule has 1 aromatic rings. The zero-order chi connectivity index (χ0) is 15.7. The largest absolute Gasteiger partial charge is 0.505 e. The quantitative estimate of drug-likeness (QED) is 0.173. The number of nitro benzene ring substituents is 1. The maximum absolute atomic E-state index is 11.7. The third-order valence-corrected chi connectivity index (χ3v) is 4.17. The number of benzene rings is 1. The van der Waals surface area contributed by atoms with Gasteiger partial charge < -0.3 is 10.8 Å². The Hall–Kier alpha value is -1.96. The zero-order valence-corrected chi connectivity index (χ0v) is 11.2. The van der Waals surface area contributed by atoms with Gasteiger partial charge in [0.1, 0.15) is 16.5 Å². The zero-order valence-electron chi connectivity index (χ0n) is 9.55. The van der Waals surface area contributed by atoms with E-state index < -0.39 is 53.0 Å². The van der Waals surface area contributed by atoms with E-state index in [1.54, 1.807) is 0 Å². The van der Waals surface area contributed by atoms with Gasteiger partial charge in [-0.25, -0.2) is 8.42 Å². The van der Waals surface area contributed by atoms with Crippen LogP contribution in [0.15, 0.2) is 17.0 Å². The summed E-state index contributed by atoms with van der Waals surface area (Å²) in [4.78, 5) is 8.71. The predicted molar refractivity (Wildman–Crippen MR) is 65.9 cm³/mol. The third kappa shape index (κ3) is 3.77. The van der Waals surface area contributed by atoms with Gasteiger partial charge in [0.15, 0.2) is 0 Å². The van der Waals surface area contributed by atoms with Gasteiger partial charge in [0, 0.05) is 6.07 Å². The van der Waals surface area contributed by atoms with Crippen molar-refractivity contribution in [2.45, 2.75) is 4.90 Å². The Kier molecular flexibility index (Phi) is 4.18. The summed E-state index contributed by atoms with van der Waals surface area (Å²) in [5.74, 6) is -2.20. The minimum absolute atomic E-state index is 0.543. The third-order valence-electron chi connectivity index (χ3n) is 2.04. The lowest BCUT2D eigenvalue weighted by atomic mass is 10.2. The number of non-ortho nitro benzene ring substituents is 1. The van der Waals surface area contributed by atoms with E-state index in [0.29, 0.717) is 12.1 Å². The van der Waals surface area contributed by atoms with Gasteiger partial charge in [0.05, 0.1) is 16.7 Å². The Morgan fingerprint density at radius 3 is 2.30 bits per heavy atom. The first-order valence-electron chi connectivity index (χ1n) is 4.66. The number of nitro groups is 1. The van der Waals surface area contributed by atoms with Gasteiger partial charge in [-0.2, -0.15) is 13.1 Å². The molecule has 0 atom stereocenters. The molecule has 0 aromatic heterocycles. The molecule has 0 radical (unpaired) electrons. The van der Waals surface area contributed by atoms with Crippen LogP contribution in [0.2, 0.25) is 0 Å². The van der Waals surface area contributed by atoms with Gasteiger partial charge >= 0.3 is 0 Å². The molecule has 11 nitrogen and oxygen atoms in total. The van der Waals surface area contributed by atoms with Crippen molar-refractivity contribution in [3.8, 4) is 5.75 Å².